The minimum Gasteiger partial charge on any atom is -0.454 e. The number of aromatic nitrogens is 3. The number of imidazole rings is 1. The van der Waals surface area contributed by atoms with Crippen molar-refractivity contribution >= 4 is 28.4 Å². The summed E-state index contributed by atoms with van der Waals surface area (Å²) >= 11 is 0. The standard InChI is InChI=1S/C25H27N5O4/c1-16-14-30-15-19(27-23(30)13-26-16)22-12-20(31)18-11-17(5-6-21(18)33-22)28-7-9-29(10-8-28)24(32)34-25(2,3)4/h5-6,11-15H,7-10H2,1-4H3. The average molecular weight is 462 g/mol. The van der Waals surface area contributed by atoms with Crippen LogP contribution < -0.4 is 10.3 Å². The number of fused-ring (bicyclic) bond motifs is 2. The highest BCUT2D eigenvalue weighted by Crippen LogP contribution is 2.26. The number of anilines is 1. The lowest BCUT2D eigenvalue weighted by atomic mass is 10.1. The van der Waals surface area contributed by atoms with Crippen molar-refractivity contribution in [3.05, 3.63) is 58.8 Å². The number of carbonyl (C=O) groups excluding carboxylic acids is 1. The Hall–Kier alpha value is -3.88. The summed E-state index contributed by atoms with van der Waals surface area (Å²) in [6.45, 7) is 9.92. The molecule has 1 aliphatic rings. The molecule has 0 bridgehead atoms. The molecular weight excluding hydrogens is 434 g/mol. The van der Waals surface area contributed by atoms with E-state index < -0.39 is 5.60 Å². The van der Waals surface area contributed by atoms with Crippen LogP contribution >= 0.6 is 0 Å². The predicted octanol–water partition coefficient (Wildman–Crippen LogP) is 3.87. The van der Waals surface area contributed by atoms with Crippen molar-refractivity contribution in [3.8, 4) is 11.5 Å². The number of nitrogens with zero attached hydrogens (tertiary/aromatic N) is 5. The van der Waals surface area contributed by atoms with Gasteiger partial charge in [0.2, 0.25) is 0 Å². The maximum Gasteiger partial charge on any atom is 0.410 e. The van der Waals surface area contributed by atoms with E-state index >= 15 is 0 Å². The SMILES string of the molecule is Cc1cn2cc(-c3cc(=O)c4cc(N5CCN(C(=O)OC(C)(C)C)CC5)ccc4o3)nc2cn1. The molecule has 0 atom stereocenters. The third-order valence-corrected chi connectivity index (χ3v) is 5.73. The molecule has 4 heterocycles. The number of rotatable bonds is 2. The highest BCUT2D eigenvalue weighted by molar-refractivity contribution is 5.82. The lowest BCUT2D eigenvalue weighted by Crippen LogP contribution is -2.50. The lowest BCUT2D eigenvalue weighted by molar-refractivity contribution is 0.0240. The Balaban J connectivity index is 1.37. The van der Waals surface area contributed by atoms with Gasteiger partial charge in [0.1, 0.15) is 16.9 Å². The first-order valence-corrected chi connectivity index (χ1v) is 11.3. The molecule has 0 radical (unpaired) electrons. The molecule has 1 fully saturated rings. The van der Waals surface area contributed by atoms with Gasteiger partial charge in [-0.25, -0.2) is 9.78 Å². The van der Waals surface area contributed by atoms with Gasteiger partial charge in [-0.2, -0.15) is 0 Å². The Labute approximate surface area is 196 Å². The van der Waals surface area contributed by atoms with E-state index in [1.165, 1.54) is 6.07 Å². The van der Waals surface area contributed by atoms with Crippen molar-refractivity contribution in [2.45, 2.75) is 33.3 Å². The summed E-state index contributed by atoms with van der Waals surface area (Å²) in [4.78, 5) is 37.9. The van der Waals surface area contributed by atoms with E-state index in [9.17, 15) is 9.59 Å². The number of hydrogen-bond donors (Lipinski definition) is 0. The van der Waals surface area contributed by atoms with E-state index in [1.54, 1.807) is 11.1 Å². The molecular formula is C25H27N5O4. The Morgan fingerprint density at radius 2 is 1.85 bits per heavy atom. The van der Waals surface area contributed by atoms with Crippen LogP contribution in [0.3, 0.4) is 0 Å². The van der Waals surface area contributed by atoms with Crippen LogP contribution in [-0.2, 0) is 4.74 Å². The van der Waals surface area contributed by atoms with Crippen molar-refractivity contribution in [3.63, 3.8) is 0 Å². The summed E-state index contributed by atoms with van der Waals surface area (Å²) in [5, 5.41) is 0.511. The molecule has 0 unspecified atom stereocenters. The second kappa shape index (κ2) is 8.16. The fraction of sp³-hybridized carbons (Fsp3) is 0.360. The smallest absolute Gasteiger partial charge is 0.410 e. The van der Waals surface area contributed by atoms with Crippen molar-refractivity contribution in [2.24, 2.45) is 0 Å². The highest BCUT2D eigenvalue weighted by Gasteiger charge is 2.26. The zero-order valence-corrected chi connectivity index (χ0v) is 19.7. The first kappa shape index (κ1) is 21.9. The molecule has 176 valence electrons. The molecule has 9 heteroatoms. The Morgan fingerprint density at radius 1 is 1.09 bits per heavy atom. The van der Waals surface area contributed by atoms with Gasteiger partial charge in [0, 0.05) is 50.3 Å². The lowest BCUT2D eigenvalue weighted by Gasteiger charge is -2.36. The predicted molar refractivity (Wildman–Crippen MR) is 129 cm³/mol. The summed E-state index contributed by atoms with van der Waals surface area (Å²) in [7, 11) is 0. The van der Waals surface area contributed by atoms with Crippen molar-refractivity contribution in [2.75, 3.05) is 31.1 Å². The van der Waals surface area contributed by atoms with Gasteiger partial charge >= 0.3 is 6.09 Å². The molecule has 0 spiro atoms. The van der Waals surface area contributed by atoms with Gasteiger partial charge in [0.05, 0.1) is 17.3 Å². The molecule has 1 aliphatic heterocycles. The van der Waals surface area contributed by atoms with Gasteiger partial charge in [-0.15, -0.1) is 0 Å². The van der Waals surface area contributed by atoms with Crippen LogP contribution in [0.5, 0.6) is 0 Å². The minimum absolute atomic E-state index is 0.128. The molecule has 0 N–H and O–H groups in total. The number of carbonyl (C=O) groups is 1. The monoisotopic (exact) mass is 461 g/mol. The van der Waals surface area contributed by atoms with Crippen LogP contribution in [-0.4, -0.2) is 57.1 Å². The van der Waals surface area contributed by atoms with Crippen LogP contribution in [0.4, 0.5) is 10.5 Å². The van der Waals surface area contributed by atoms with E-state index in [4.69, 9.17) is 9.15 Å². The summed E-state index contributed by atoms with van der Waals surface area (Å²) in [5.74, 6) is 0.414. The molecule has 1 saturated heterocycles. The maximum absolute atomic E-state index is 13.0. The van der Waals surface area contributed by atoms with E-state index in [1.807, 2.05) is 62.7 Å². The first-order valence-electron chi connectivity index (χ1n) is 11.3. The van der Waals surface area contributed by atoms with E-state index in [2.05, 4.69) is 14.9 Å². The summed E-state index contributed by atoms with van der Waals surface area (Å²) < 4.78 is 13.4. The van der Waals surface area contributed by atoms with Crippen molar-refractivity contribution in [1.29, 1.82) is 0 Å². The van der Waals surface area contributed by atoms with Gasteiger partial charge in [0.15, 0.2) is 16.8 Å². The molecule has 0 saturated carbocycles. The Morgan fingerprint density at radius 3 is 2.59 bits per heavy atom. The molecule has 0 aliphatic carbocycles. The number of piperazine rings is 1. The summed E-state index contributed by atoms with van der Waals surface area (Å²) in [6, 6.07) is 7.09. The second-order valence-corrected chi connectivity index (χ2v) is 9.53. The Bertz CT molecular complexity index is 1440. The van der Waals surface area contributed by atoms with Gasteiger partial charge in [-0.1, -0.05) is 0 Å². The van der Waals surface area contributed by atoms with Gasteiger partial charge in [-0.05, 0) is 45.9 Å². The molecule has 9 nitrogen and oxygen atoms in total. The number of aryl methyl sites for hydroxylation is 1. The molecule has 34 heavy (non-hydrogen) atoms. The quantitative estimate of drug-likeness (QED) is 0.447. The second-order valence-electron chi connectivity index (χ2n) is 9.53. The zero-order valence-electron chi connectivity index (χ0n) is 19.7. The van der Waals surface area contributed by atoms with Gasteiger partial charge in [0.25, 0.3) is 0 Å². The topological polar surface area (TPSA) is 93.2 Å². The molecule has 5 rings (SSSR count). The highest BCUT2D eigenvalue weighted by atomic mass is 16.6. The maximum atomic E-state index is 13.0. The molecule has 1 aromatic carbocycles. The van der Waals surface area contributed by atoms with Crippen LogP contribution in [0.25, 0.3) is 28.1 Å². The molecule has 1 amide bonds. The number of hydrogen-bond acceptors (Lipinski definition) is 7. The summed E-state index contributed by atoms with van der Waals surface area (Å²) in [6.07, 6.45) is 5.09. The normalized spacial score (nSPS) is 14.7. The van der Waals surface area contributed by atoms with Crippen LogP contribution in [0.2, 0.25) is 0 Å². The Kier molecular flexibility index (Phi) is 5.27. The number of benzene rings is 1. The third-order valence-electron chi connectivity index (χ3n) is 5.73. The van der Waals surface area contributed by atoms with Crippen LogP contribution in [0.1, 0.15) is 26.5 Å². The van der Waals surface area contributed by atoms with E-state index in [-0.39, 0.29) is 11.5 Å². The molecule has 3 aromatic heterocycles. The van der Waals surface area contributed by atoms with Gasteiger partial charge < -0.3 is 23.4 Å². The van der Waals surface area contributed by atoms with Crippen LogP contribution in [0.15, 0.2) is 52.1 Å². The summed E-state index contributed by atoms with van der Waals surface area (Å²) in [5.41, 5.74) is 2.92. The number of amides is 1. The number of ether oxygens (including phenoxy) is 1. The minimum atomic E-state index is -0.515. The van der Waals surface area contributed by atoms with Crippen LogP contribution in [0, 0.1) is 6.92 Å². The first-order chi connectivity index (χ1) is 16.2. The fourth-order valence-corrected chi connectivity index (χ4v) is 4.06. The van der Waals surface area contributed by atoms with E-state index in [0.29, 0.717) is 54.2 Å². The van der Waals surface area contributed by atoms with E-state index in [0.717, 1.165) is 11.4 Å². The fourth-order valence-electron chi connectivity index (χ4n) is 4.06. The van der Waals surface area contributed by atoms with Crippen molar-refractivity contribution in [1.82, 2.24) is 19.3 Å². The molecule has 4 aromatic rings. The largest absolute Gasteiger partial charge is 0.454 e. The zero-order chi connectivity index (χ0) is 24.0. The van der Waals surface area contributed by atoms with Crippen molar-refractivity contribution < 1.29 is 13.9 Å². The van der Waals surface area contributed by atoms with Gasteiger partial charge in [-0.3, -0.25) is 9.78 Å². The third kappa shape index (κ3) is 4.33. The average Bonchev–Trinajstić information content (AvgIpc) is 3.21.